The van der Waals surface area contributed by atoms with Crippen LogP contribution >= 0.6 is 0 Å². The molecule has 20 heavy (non-hydrogen) atoms. The van der Waals surface area contributed by atoms with Crippen LogP contribution in [0.2, 0.25) is 0 Å². The molecule has 1 aromatic carbocycles. The molecule has 2 N–H and O–H groups in total. The molecule has 0 spiro atoms. The molecule has 0 aliphatic carbocycles. The third-order valence-corrected chi connectivity index (χ3v) is 3.77. The van der Waals surface area contributed by atoms with Crippen LogP contribution in [0.3, 0.4) is 0 Å². The number of piperidine rings is 1. The number of amides is 1. The molecule has 1 heterocycles. The van der Waals surface area contributed by atoms with Crippen molar-refractivity contribution in [3.63, 3.8) is 0 Å². The zero-order valence-electron chi connectivity index (χ0n) is 11.7. The van der Waals surface area contributed by atoms with E-state index >= 15 is 0 Å². The van der Waals surface area contributed by atoms with Crippen molar-refractivity contribution in [3.8, 4) is 0 Å². The molecule has 3 unspecified atom stereocenters. The predicted octanol–water partition coefficient (Wildman–Crippen LogP) is 2.53. The fraction of sp³-hybridized carbons (Fsp3) is 0.533. The molecule has 2 rings (SSSR count). The van der Waals surface area contributed by atoms with Crippen LogP contribution in [0, 0.1) is 17.6 Å². The van der Waals surface area contributed by atoms with E-state index in [1.54, 1.807) is 6.92 Å². The Labute approximate surface area is 117 Å². The van der Waals surface area contributed by atoms with Gasteiger partial charge in [0.1, 0.15) is 11.6 Å². The topological polar surface area (TPSA) is 41.1 Å². The maximum atomic E-state index is 13.6. The smallest absolute Gasteiger partial charge is 0.237 e. The van der Waals surface area contributed by atoms with E-state index in [0.29, 0.717) is 5.92 Å². The van der Waals surface area contributed by atoms with Gasteiger partial charge in [0.15, 0.2) is 0 Å². The molecule has 1 saturated heterocycles. The number of carbonyl (C=O) groups excluding carboxylic acids is 1. The van der Waals surface area contributed by atoms with Crippen molar-refractivity contribution in [3.05, 3.63) is 35.4 Å². The number of benzene rings is 1. The Kier molecular flexibility index (Phi) is 4.70. The normalized spacial score (nSPS) is 24.2. The second-order valence-electron chi connectivity index (χ2n) is 5.50. The first-order chi connectivity index (χ1) is 9.49. The van der Waals surface area contributed by atoms with E-state index in [2.05, 4.69) is 17.6 Å². The van der Waals surface area contributed by atoms with Gasteiger partial charge < -0.3 is 10.6 Å². The Bertz CT molecular complexity index is 473. The molecule has 1 fully saturated rings. The quantitative estimate of drug-likeness (QED) is 0.894. The monoisotopic (exact) mass is 282 g/mol. The summed E-state index contributed by atoms with van der Waals surface area (Å²) in [5, 5.41) is 5.82. The molecular weight excluding hydrogens is 262 g/mol. The second kappa shape index (κ2) is 6.31. The van der Waals surface area contributed by atoms with Crippen LogP contribution < -0.4 is 10.6 Å². The number of hydrogen-bond acceptors (Lipinski definition) is 2. The van der Waals surface area contributed by atoms with Crippen LogP contribution in [0.1, 0.15) is 38.3 Å². The van der Waals surface area contributed by atoms with Gasteiger partial charge in [-0.05, 0) is 44.4 Å². The average molecular weight is 282 g/mol. The minimum absolute atomic E-state index is 0.0929. The second-order valence-corrected chi connectivity index (χ2v) is 5.50. The lowest BCUT2D eigenvalue weighted by Crippen LogP contribution is -2.49. The highest BCUT2D eigenvalue weighted by Gasteiger charge is 2.26. The van der Waals surface area contributed by atoms with Gasteiger partial charge in [-0.25, -0.2) is 8.78 Å². The van der Waals surface area contributed by atoms with Gasteiger partial charge >= 0.3 is 0 Å². The van der Waals surface area contributed by atoms with E-state index < -0.39 is 17.7 Å². The van der Waals surface area contributed by atoms with Gasteiger partial charge in [0.05, 0.1) is 12.1 Å². The largest absolute Gasteiger partial charge is 0.348 e. The highest BCUT2D eigenvalue weighted by molar-refractivity contribution is 5.82. The SMILES string of the molecule is CC1CCNC(C(=O)NC(C)c2c(F)cccc2F)C1. The van der Waals surface area contributed by atoms with Crippen LogP contribution in [0.25, 0.3) is 0 Å². The van der Waals surface area contributed by atoms with Crippen LogP contribution in [-0.2, 0) is 4.79 Å². The lowest BCUT2D eigenvalue weighted by atomic mass is 9.93. The number of halogens is 2. The van der Waals surface area contributed by atoms with Crippen LogP contribution in [0.4, 0.5) is 8.78 Å². The molecule has 0 radical (unpaired) electrons. The Morgan fingerprint density at radius 2 is 2.05 bits per heavy atom. The molecule has 3 atom stereocenters. The van der Waals surface area contributed by atoms with Gasteiger partial charge in [-0.15, -0.1) is 0 Å². The highest BCUT2D eigenvalue weighted by atomic mass is 19.1. The summed E-state index contributed by atoms with van der Waals surface area (Å²) in [6, 6.07) is 2.73. The molecule has 1 amide bonds. The van der Waals surface area contributed by atoms with Crippen LogP contribution in [-0.4, -0.2) is 18.5 Å². The molecule has 0 saturated carbocycles. The lowest BCUT2D eigenvalue weighted by Gasteiger charge is -2.28. The third-order valence-electron chi connectivity index (χ3n) is 3.77. The van der Waals surface area contributed by atoms with Gasteiger partial charge in [-0.1, -0.05) is 13.0 Å². The van der Waals surface area contributed by atoms with Crippen molar-refractivity contribution in [2.24, 2.45) is 5.92 Å². The molecule has 1 aliphatic heterocycles. The summed E-state index contributed by atoms with van der Waals surface area (Å²) in [6.07, 6.45) is 1.79. The minimum atomic E-state index is -0.692. The lowest BCUT2D eigenvalue weighted by molar-refractivity contribution is -0.124. The van der Waals surface area contributed by atoms with Crippen molar-refractivity contribution in [2.75, 3.05) is 6.54 Å². The van der Waals surface area contributed by atoms with Gasteiger partial charge in [0.25, 0.3) is 0 Å². The predicted molar refractivity (Wildman–Crippen MR) is 73.1 cm³/mol. The summed E-state index contributed by atoms with van der Waals surface area (Å²) in [7, 11) is 0. The molecule has 1 aliphatic rings. The molecule has 0 bridgehead atoms. The van der Waals surface area contributed by atoms with E-state index in [-0.39, 0.29) is 17.5 Å². The van der Waals surface area contributed by atoms with E-state index in [9.17, 15) is 13.6 Å². The average Bonchev–Trinajstić information content (AvgIpc) is 2.38. The molecular formula is C15H20F2N2O. The van der Waals surface area contributed by atoms with Crippen molar-refractivity contribution in [1.82, 2.24) is 10.6 Å². The number of hydrogen-bond donors (Lipinski definition) is 2. The summed E-state index contributed by atoms with van der Waals surface area (Å²) in [6.45, 7) is 4.48. The summed E-state index contributed by atoms with van der Waals surface area (Å²) in [5.74, 6) is -0.996. The number of rotatable bonds is 3. The summed E-state index contributed by atoms with van der Waals surface area (Å²) < 4.78 is 27.3. The Hall–Kier alpha value is -1.49. The Balaban J connectivity index is 2.04. The third kappa shape index (κ3) is 3.33. The maximum Gasteiger partial charge on any atom is 0.237 e. The molecule has 5 heteroatoms. The minimum Gasteiger partial charge on any atom is -0.348 e. The van der Waals surface area contributed by atoms with Crippen molar-refractivity contribution >= 4 is 5.91 Å². The highest BCUT2D eigenvalue weighted by Crippen LogP contribution is 2.21. The zero-order valence-corrected chi connectivity index (χ0v) is 11.7. The van der Waals surface area contributed by atoms with Crippen molar-refractivity contribution in [2.45, 2.75) is 38.8 Å². The first-order valence-corrected chi connectivity index (χ1v) is 6.96. The van der Waals surface area contributed by atoms with Crippen molar-refractivity contribution in [1.29, 1.82) is 0 Å². The van der Waals surface area contributed by atoms with Gasteiger partial charge in [0.2, 0.25) is 5.91 Å². The first-order valence-electron chi connectivity index (χ1n) is 6.96. The molecule has 0 aromatic heterocycles. The first kappa shape index (κ1) is 14.9. The van der Waals surface area contributed by atoms with Crippen LogP contribution in [0.5, 0.6) is 0 Å². The maximum absolute atomic E-state index is 13.6. The Morgan fingerprint density at radius 3 is 2.65 bits per heavy atom. The summed E-state index contributed by atoms with van der Waals surface area (Å²) in [5.41, 5.74) is -0.0929. The van der Waals surface area contributed by atoms with Gasteiger partial charge in [-0.3, -0.25) is 4.79 Å². The fourth-order valence-electron chi connectivity index (χ4n) is 2.62. The van der Waals surface area contributed by atoms with Gasteiger partial charge in [-0.2, -0.15) is 0 Å². The fourth-order valence-corrected chi connectivity index (χ4v) is 2.62. The van der Waals surface area contributed by atoms with Crippen molar-refractivity contribution < 1.29 is 13.6 Å². The number of nitrogens with one attached hydrogen (secondary N) is 2. The molecule has 1 aromatic rings. The Morgan fingerprint density at radius 1 is 1.40 bits per heavy atom. The standard InChI is InChI=1S/C15H20F2N2O/c1-9-6-7-18-13(8-9)15(20)19-10(2)14-11(16)4-3-5-12(14)17/h3-5,9-10,13,18H,6-8H2,1-2H3,(H,19,20). The van der Waals surface area contributed by atoms with E-state index in [4.69, 9.17) is 0 Å². The summed E-state index contributed by atoms with van der Waals surface area (Å²) >= 11 is 0. The van der Waals surface area contributed by atoms with E-state index in [0.717, 1.165) is 19.4 Å². The molecule has 3 nitrogen and oxygen atoms in total. The number of carbonyl (C=O) groups is 1. The van der Waals surface area contributed by atoms with Gasteiger partial charge in [0, 0.05) is 5.56 Å². The summed E-state index contributed by atoms with van der Waals surface area (Å²) in [4.78, 5) is 12.1. The van der Waals surface area contributed by atoms with Crippen LogP contribution in [0.15, 0.2) is 18.2 Å². The van der Waals surface area contributed by atoms with E-state index in [1.807, 2.05) is 0 Å². The zero-order chi connectivity index (χ0) is 14.7. The van der Waals surface area contributed by atoms with E-state index in [1.165, 1.54) is 18.2 Å². The molecule has 110 valence electrons.